The Hall–Kier alpha value is -0.990. The second-order valence-electron chi connectivity index (χ2n) is 3.28. The van der Waals surface area contributed by atoms with Gasteiger partial charge in [-0.25, -0.2) is 0 Å². The average Bonchev–Trinajstić information content (AvgIpc) is 2.34. The quantitative estimate of drug-likeness (QED) is 0.750. The first-order chi connectivity index (χ1) is 5.65. The van der Waals surface area contributed by atoms with E-state index in [-0.39, 0.29) is 0 Å². The maximum atomic E-state index is 9.43. The molecular weight excluding hydrogens is 152 g/mol. The van der Waals surface area contributed by atoms with Crippen LogP contribution in [0.1, 0.15) is 38.9 Å². The summed E-state index contributed by atoms with van der Waals surface area (Å²) in [6.07, 6.45) is 3.56. The number of aromatic hydroxyl groups is 1. The molecule has 0 aliphatic rings. The number of hydrogen-bond acceptors (Lipinski definition) is 2. The maximum absolute atomic E-state index is 9.43. The van der Waals surface area contributed by atoms with Crippen molar-refractivity contribution in [2.24, 2.45) is 0 Å². The Morgan fingerprint density at radius 1 is 1.58 bits per heavy atom. The smallest absolute Gasteiger partial charge is 0.156 e. The van der Waals surface area contributed by atoms with E-state index >= 15 is 0 Å². The molecule has 0 amide bonds. The van der Waals surface area contributed by atoms with Crippen LogP contribution in [0.3, 0.4) is 0 Å². The molecule has 0 saturated heterocycles. The van der Waals surface area contributed by atoms with E-state index in [9.17, 15) is 5.11 Å². The van der Waals surface area contributed by atoms with Gasteiger partial charge in [-0.05, 0) is 20.3 Å². The minimum Gasteiger partial charge on any atom is -0.504 e. The second kappa shape index (κ2) is 3.61. The summed E-state index contributed by atoms with van der Waals surface area (Å²) in [7, 11) is 0. The number of nitrogens with zero attached hydrogens (tertiary/aromatic N) is 2. The maximum Gasteiger partial charge on any atom is 0.156 e. The molecule has 0 spiro atoms. The first-order valence-corrected chi connectivity index (χ1v) is 4.42. The van der Waals surface area contributed by atoms with Crippen LogP contribution in [0.25, 0.3) is 0 Å². The fourth-order valence-corrected chi connectivity index (χ4v) is 1.10. The highest BCUT2D eigenvalue weighted by Crippen LogP contribution is 2.18. The molecular formula is C9H16N2O. The van der Waals surface area contributed by atoms with Gasteiger partial charge in [-0.2, -0.15) is 5.10 Å². The third-order valence-corrected chi connectivity index (χ3v) is 1.80. The summed E-state index contributed by atoms with van der Waals surface area (Å²) in [5.74, 6) is 0.325. The van der Waals surface area contributed by atoms with Crippen LogP contribution >= 0.6 is 0 Å². The molecule has 0 aliphatic heterocycles. The van der Waals surface area contributed by atoms with Gasteiger partial charge in [-0.15, -0.1) is 0 Å². The van der Waals surface area contributed by atoms with Crippen LogP contribution < -0.4 is 0 Å². The molecule has 0 bridgehead atoms. The van der Waals surface area contributed by atoms with Crippen LogP contribution in [-0.2, 0) is 6.42 Å². The van der Waals surface area contributed by atoms with Gasteiger partial charge in [0.25, 0.3) is 0 Å². The zero-order valence-electron chi connectivity index (χ0n) is 7.91. The zero-order chi connectivity index (χ0) is 9.14. The summed E-state index contributed by atoms with van der Waals surface area (Å²) >= 11 is 0. The van der Waals surface area contributed by atoms with Crippen molar-refractivity contribution in [1.29, 1.82) is 0 Å². The second-order valence-corrected chi connectivity index (χ2v) is 3.28. The van der Waals surface area contributed by atoms with E-state index in [0.717, 1.165) is 18.5 Å². The van der Waals surface area contributed by atoms with Crippen LogP contribution in [0.15, 0.2) is 6.20 Å². The first kappa shape index (κ1) is 9.10. The average molecular weight is 168 g/mol. The van der Waals surface area contributed by atoms with Gasteiger partial charge in [0.05, 0.1) is 6.20 Å². The predicted molar refractivity (Wildman–Crippen MR) is 48.3 cm³/mol. The van der Waals surface area contributed by atoms with Crippen molar-refractivity contribution in [3.63, 3.8) is 0 Å². The fourth-order valence-electron chi connectivity index (χ4n) is 1.10. The van der Waals surface area contributed by atoms with E-state index in [1.807, 2.05) is 13.8 Å². The highest BCUT2D eigenvalue weighted by Gasteiger charge is 2.07. The molecule has 0 atom stereocenters. The topological polar surface area (TPSA) is 38.0 Å². The van der Waals surface area contributed by atoms with Gasteiger partial charge in [-0.3, -0.25) is 4.68 Å². The third kappa shape index (κ3) is 1.78. The number of rotatable bonds is 3. The van der Waals surface area contributed by atoms with Crippen LogP contribution in [0.2, 0.25) is 0 Å². The summed E-state index contributed by atoms with van der Waals surface area (Å²) in [6, 6.07) is 0.321. The standard InChI is InChI=1S/C9H16N2O/c1-4-5-8-9(12)6-11(10-8)7(2)3/h6-7,12H,4-5H2,1-3H3. The molecule has 3 heteroatoms. The van der Waals surface area contributed by atoms with Crippen molar-refractivity contribution in [2.75, 3.05) is 0 Å². The molecule has 0 fully saturated rings. The Labute approximate surface area is 73.0 Å². The molecule has 0 aliphatic carbocycles. The number of hydrogen-bond donors (Lipinski definition) is 1. The lowest BCUT2D eigenvalue weighted by molar-refractivity contribution is 0.465. The molecule has 1 heterocycles. The molecule has 1 aromatic rings. The lowest BCUT2D eigenvalue weighted by Gasteiger charge is -2.02. The summed E-state index contributed by atoms with van der Waals surface area (Å²) in [5, 5.41) is 13.7. The summed E-state index contributed by atoms with van der Waals surface area (Å²) in [5.41, 5.74) is 0.811. The van der Waals surface area contributed by atoms with E-state index in [4.69, 9.17) is 0 Å². The lowest BCUT2D eigenvalue weighted by Crippen LogP contribution is -2.01. The molecule has 1 rings (SSSR count). The van der Waals surface area contributed by atoms with Gasteiger partial charge in [0.2, 0.25) is 0 Å². The number of aromatic nitrogens is 2. The third-order valence-electron chi connectivity index (χ3n) is 1.80. The monoisotopic (exact) mass is 168 g/mol. The zero-order valence-corrected chi connectivity index (χ0v) is 7.91. The van der Waals surface area contributed by atoms with E-state index in [1.165, 1.54) is 0 Å². The van der Waals surface area contributed by atoms with E-state index in [2.05, 4.69) is 12.0 Å². The van der Waals surface area contributed by atoms with Crippen LogP contribution in [0.5, 0.6) is 5.75 Å². The molecule has 12 heavy (non-hydrogen) atoms. The Balaban J connectivity index is 2.85. The van der Waals surface area contributed by atoms with E-state index in [0.29, 0.717) is 11.8 Å². The van der Waals surface area contributed by atoms with E-state index < -0.39 is 0 Å². The van der Waals surface area contributed by atoms with Gasteiger partial charge in [0.1, 0.15) is 5.69 Å². The Bertz CT molecular complexity index is 253. The van der Waals surface area contributed by atoms with Crippen molar-refractivity contribution in [3.05, 3.63) is 11.9 Å². The lowest BCUT2D eigenvalue weighted by atomic mass is 10.2. The molecule has 0 aromatic carbocycles. The van der Waals surface area contributed by atoms with Gasteiger partial charge < -0.3 is 5.11 Å². The normalized spacial score (nSPS) is 11.0. The van der Waals surface area contributed by atoms with Gasteiger partial charge in [0, 0.05) is 6.04 Å². The fraction of sp³-hybridized carbons (Fsp3) is 0.667. The predicted octanol–water partition coefficient (Wildman–Crippen LogP) is 2.12. The molecule has 1 aromatic heterocycles. The summed E-state index contributed by atoms with van der Waals surface area (Å²) < 4.78 is 1.79. The molecule has 0 saturated carbocycles. The van der Waals surface area contributed by atoms with Crippen LogP contribution in [-0.4, -0.2) is 14.9 Å². The van der Waals surface area contributed by atoms with Crippen molar-refractivity contribution in [2.45, 2.75) is 39.7 Å². The van der Waals surface area contributed by atoms with Gasteiger partial charge >= 0.3 is 0 Å². The first-order valence-electron chi connectivity index (χ1n) is 4.42. The van der Waals surface area contributed by atoms with Crippen LogP contribution in [0, 0.1) is 0 Å². The highest BCUT2D eigenvalue weighted by molar-refractivity contribution is 5.22. The van der Waals surface area contributed by atoms with Crippen molar-refractivity contribution in [1.82, 2.24) is 9.78 Å². The highest BCUT2D eigenvalue weighted by atomic mass is 16.3. The van der Waals surface area contributed by atoms with Crippen molar-refractivity contribution < 1.29 is 5.11 Å². The van der Waals surface area contributed by atoms with Gasteiger partial charge in [-0.1, -0.05) is 13.3 Å². The van der Waals surface area contributed by atoms with Crippen molar-refractivity contribution >= 4 is 0 Å². The summed E-state index contributed by atoms with van der Waals surface area (Å²) in [4.78, 5) is 0. The number of aryl methyl sites for hydroxylation is 1. The molecule has 68 valence electrons. The Morgan fingerprint density at radius 3 is 2.67 bits per heavy atom. The molecule has 0 unspecified atom stereocenters. The summed E-state index contributed by atoms with van der Waals surface area (Å²) in [6.45, 7) is 6.16. The SMILES string of the molecule is CCCc1nn(C(C)C)cc1O. The van der Waals surface area contributed by atoms with E-state index in [1.54, 1.807) is 10.9 Å². The Morgan fingerprint density at radius 2 is 2.25 bits per heavy atom. The van der Waals surface area contributed by atoms with Crippen molar-refractivity contribution in [3.8, 4) is 5.75 Å². The minimum atomic E-state index is 0.321. The van der Waals surface area contributed by atoms with Gasteiger partial charge in [0.15, 0.2) is 5.75 Å². The molecule has 1 N–H and O–H groups in total. The molecule has 3 nitrogen and oxygen atoms in total. The Kier molecular flexibility index (Phi) is 2.74. The van der Waals surface area contributed by atoms with Crippen LogP contribution in [0.4, 0.5) is 0 Å². The minimum absolute atomic E-state index is 0.321. The molecule has 0 radical (unpaired) electrons. The largest absolute Gasteiger partial charge is 0.504 e.